The van der Waals surface area contributed by atoms with Crippen LogP contribution in [0.15, 0.2) is 35.3 Å². The Morgan fingerprint density at radius 2 is 1.96 bits per heavy atom. The fourth-order valence-corrected chi connectivity index (χ4v) is 3.70. The van der Waals surface area contributed by atoms with Crippen molar-refractivity contribution in [1.29, 1.82) is 0 Å². The highest BCUT2D eigenvalue weighted by Gasteiger charge is 2.39. The van der Waals surface area contributed by atoms with Gasteiger partial charge >= 0.3 is 0 Å². The molecular formula is C20H32N4O. The van der Waals surface area contributed by atoms with Gasteiger partial charge < -0.3 is 20.3 Å². The average Bonchev–Trinajstić information content (AvgIpc) is 3.43. The van der Waals surface area contributed by atoms with Crippen molar-refractivity contribution in [3.05, 3.63) is 35.9 Å². The lowest BCUT2D eigenvalue weighted by Gasteiger charge is -2.33. The molecule has 0 aromatic heterocycles. The number of nitrogens with zero attached hydrogens (tertiary/aromatic N) is 2. The quantitative estimate of drug-likeness (QED) is 0.452. The number of nitrogens with one attached hydrogen (secondary N) is 2. The second-order valence-electron chi connectivity index (χ2n) is 7.18. The van der Waals surface area contributed by atoms with Crippen LogP contribution < -0.4 is 10.6 Å². The molecule has 25 heavy (non-hydrogen) atoms. The molecule has 1 aliphatic heterocycles. The summed E-state index contributed by atoms with van der Waals surface area (Å²) < 4.78 is 5.14. The van der Waals surface area contributed by atoms with Crippen LogP contribution in [0.1, 0.15) is 37.2 Å². The smallest absolute Gasteiger partial charge is 0.191 e. The van der Waals surface area contributed by atoms with Gasteiger partial charge in [0.05, 0.1) is 0 Å². The van der Waals surface area contributed by atoms with E-state index in [4.69, 9.17) is 4.74 Å². The van der Waals surface area contributed by atoms with Gasteiger partial charge in [0, 0.05) is 58.4 Å². The maximum atomic E-state index is 5.14. The first kappa shape index (κ1) is 18.2. The molecule has 2 atom stereocenters. The summed E-state index contributed by atoms with van der Waals surface area (Å²) in [7, 11) is 3.64. The van der Waals surface area contributed by atoms with Crippen molar-refractivity contribution in [1.82, 2.24) is 15.5 Å². The number of benzene rings is 1. The van der Waals surface area contributed by atoms with Crippen LogP contribution in [0, 0.1) is 0 Å². The first-order chi connectivity index (χ1) is 12.3. The molecule has 5 nitrogen and oxygen atoms in total. The lowest BCUT2D eigenvalue weighted by atomic mass is 10.1. The molecule has 2 N–H and O–H groups in total. The normalized spacial score (nSPS) is 25.0. The maximum Gasteiger partial charge on any atom is 0.191 e. The van der Waals surface area contributed by atoms with Crippen LogP contribution in [0.2, 0.25) is 0 Å². The van der Waals surface area contributed by atoms with Gasteiger partial charge in [-0.05, 0) is 31.2 Å². The highest BCUT2D eigenvalue weighted by atomic mass is 16.5. The molecule has 0 radical (unpaired) electrons. The van der Waals surface area contributed by atoms with Gasteiger partial charge in [-0.15, -0.1) is 0 Å². The summed E-state index contributed by atoms with van der Waals surface area (Å²) in [5, 5.41) is 7.22. The molecule has 0 bridgehead atoms. The van der Waals surface area contributed by atoms with Crippen molar-refractivity contribution in [2.24, 2.45) is 4.99 Å². The van der Waals surface area contributed by atoms with Crippen molar-refractivity contribution in [2.75, 3.05) is 40.4 Å². The van der Waals surface area contributed by atoms with Crippen LogP contribution in [0.25, 0.3) is 0 Å². The fourth-order valence-electron chi connectivity index (χ4n) is 3.70. The van der Waals surface area contributed by atoms with E-state index in [0.717, 1.165) is 38.6 Å². The Bertz CT molecular complexity index is 540. The number of likely N-dealkylation sites (tertiary alicyclic amines) is 1. The Morgan fingerprint density at radius 3 is 2.64 bits per heavy atom. The molecule has 1 saturated heterocycles. The number of ether oxygens (including phenoxy) is 1. The van der Waals surface area contributed by atoms with Crippen molar-refractivity contribution in [3.8, 4) is 0 Å². The number of hydrogen-bond acceptors (Lipinski definition) is 3. The SMILES string of the molecule is CN=C(NC1CCN(CCCOC)CC1)NC1CC1c1ccccc1. The van der Waals surface area contributed by atoms with Crippen molar-refractivity contribution in [2.45, 2.75) is 43.7 Å². The van der Waals surface area contributed by atoms with Gasteiger partial charge in [0.15, 0.2) is 5.96 Å². The molecule has 3 rings (SSSR count). The molecule has 5 heteroatoms. The third kappa shape index (κ3) is 5.44. The summed E-state index contributed by atoms with van der Waals surface area (Å²) in [4.78, 5) is 6.98. The second kappa shape index (κ2) is 9.20. The Kier molecular flexibility index (Phi) is 6.70. The lowest BCUT2D eigenvalue weighted by molar-refractivity contribution is 0.155. The monoisotopic (exact) mass is 344 g/mol. The predicted octanol–water partition coefficient (Wildman–Crippen LogP) is 2.21. The number of guanidine groups is 1. The zero-order valence-electron chi connectivity index (χ0n) is 15.6. The topological polar surface area (TPSA) is 48.9 Å². The number of rotatable bonds is 7. The summed E-state index contributed by atoms with van der Waals surface area (Å²) in [6, 6.07) is 11.8. The maximum absolute atomic E-state index is 5.14. The van der Waals surface area contributed by atoms with Crippen LogP contribution in [0.4, 0.5) is 0 Å². The molecule has 1 aliphatic carbocycles. The first-order valence-electron chi connectivity index (χ1n) is 9.56. The van der Waals surface area contributed by atoms with E-state index < -0.39 is 0 Å². The van der Waals surface area contributed by atoms with Crippen LogP contribution in [-0.4, -0.2) is 63.3 Å². The van der Waals surface area contributed by atoms with E-state index in [2.05, 4.69) is 50.9 Å². The molecule has 2 aliphatic rings. The molecule has 1 aromatic carbocycles. The Labute approximate surface area is 151 Å². The van der Waals surface area contributed by atoms with E-state index in [9.17, 15) is 0 Å². The molecule has 0 spiro atoms. The lowest BCUT2D eigenvalue weighted by Crippen LogP contribution is -2.49. The van der Waals surface area contributed by atoms with E-state index in [-0.39, 0.29) is 0 Å². The van der Waals surface area contributed by atoms with Crippen molar-refractivity contribution < 1.29 is 4.74 Å². The van der Waals surface area contributed by atoms with Crippen LogP contribution in [-0.2, 0) is 4.74 Å². The zero-order chi connectivity index (χ0) is 17.5. The van der Waals surface area contributed by atoms with Crippen molar-refractivity contribution in [3.63, 3.8) is 0 Å². The summed E-state index contributed by atoms with van der Waals surface area (Å²) in [6.45, 7) is 4.33. The van der Waals surface area contributed by atoms with Gasteiger partial charge in [-0.1, -0.05) is 30.3 Å². The molecule has 1 aromatic rings. The number of methoxy groups -OCH3 is 1. The van der Waals surface area contributed by atoms with E-state index in [1.807, 2.05) is 7.05 Å². The molecule has 1 saturated carbocycles. The highest BCUT2D eigenvalue weighted by Crippen LogP contribution is 2.40. The third-order valence-electron chi connectivity index (χ3n) is 5.32. The average molecular weight is 345 g/mol. The van der Waals surface area contributed by atoms with E-state index >= 15 is 0 Å². The molecule has 0 amide bonds. The fraction of sp³-hybridized carbons (Fsp3) is 0.650. The third-order valence-corrected chi connectivity index (χ3v) is 5.32. The van der Waals surface area contributed by atoms with E-state index in [0.29, 0.717) is 18.0 Å². The van der Waals surface area contributed by atoms with Crippen LogP contribution in [0.5, 0.6) is 0 Å². The van der Waals surface area contributed by atoms with Gasteiger partial charge in [0.1, 0.15) is 0 Å². The number of aliphatic imine (C=N–C) groups is 1. The summed E-state index contributed by atoms with van der Waals surface area (Å²) in [5.74, 6) is 1.59. The summed E-state index contributed by atoms with van der Waals surface area (Å²) in [5.41, 5.74) is 1.43. The first-order valence-corrected chi connectivity index (χ1v) is 9.56. The standard InChI is InChI=1S/C20H32N4O/c1-21-20(23-19-15-18(19)16-7-4-3-5-8-16)22-17-9-12-24(13-10-17)11-6-14-25-2/h3-5,7-8,17-19H,6,9-15H2,1-2H3,(H2,21,22,23). The molecule has 2 unspecified atom stereocenters. The Balaban J connectivity index is 1.38. The molecule has 2 fully saturated rings. The molecular weight excluding hydrogens is 312 g/mol. The minimum atomic E-state index is 0.516. The van der Waals surface area contributed by atoms with Gasteiger partial charge in [-0.25, -0.2) is 0 Å². The van der Waals surface area contributed by atoms with E-state index in [1.54, 1.807) is 7.11 Å². The Hall–Kier alpha value is -1.59. The summed E-state index contributed by atoms with van der Waals surface area (Å²) >= 11 is 0. The molecule has 1 heterocycles. The van der Waals surface area contributed by atoms with Gasteiger partial charge in [0.2, 0.25) is 0 Å². The predicted molar refractivity (Wildman–Crippen MR) is 103 cm³/mol. The number of piperidine rings is 1. The summed E-state index contributed by atoms with van der Waals surface area (Å²) in [6.07, 6.45) is 4.68. The van der Waals surface area contributed by atoms with Crippen LogP contribution in [0.3, 0.4) is 0 Å². The van der Waals surface area contributed by atoms with Gasteiger partial charge in [-0.2, -0.15) is 0 Å². The zero-order valence-corrected chi connectivity index (χ0v) is 15.6. The number of hydrogen-bond donors (Lipinski definition) is 2. The van der Waals surface area contributed by atoms with Crippen molar-refractivity contribution >= 4 is 5.96 Å². The largest absolute Gasteiger partial charge is 0.385 e. The van der Waals surface area contributed by atoms with Gasteiger partial charge in [-0.3, -0.25) is 4.99 Å². The minimum absolute atomic E-state index is 0.516. The minimum Gasteiger partial charge on any atom is -0.385 e. The van der Waals surface area contributed by atoms with Crippen LogP contribution >= 0.6 is 0 Å². The van der Waals surface area contributed by atoms with E-state index in [1.165, 1.54) is 24.8 Å². The molecule has 138 valence electrons. The second-order valence-corrected chi connectivity index (χ2v) is 7.18. The Morgan fingerprint density at radius 1 is 1.20 bits per heavy atom. The highest BCUT2D eigenvalue weighted by molar-refractivity contribution is 5.80. The van der Waals surface area contributed by atoms with Gasteiger partial charge in [0.25, 0.3) is 0 Å².